The van der Waals surface area contributed by atoms with E-state index in [1.807, 2.05) is 17.5 Å². The van der Waals surface area contributed by atoms with Gasteiger partial charge < -0.3 is 14.3 Å². The van der Waals surface area contributed by atoms with Crippen LogP contribution in [0.5, 0.6) is 0 Å². The molecule has 0 unspecified atom stereocenters. The molecule has 6 nitrogen and oxygen atoms in total. The van der Waals surface area contributed by atoms with Crippen LogP contribution in [0.3, 0.4) is 0 Å². The highest BCUT2D eigenvalue weighted by Crippen LogP contribution is 2.25. The van der Waals surface area contributed by atoms with Crippen molar-refractivity contribution in [2.24, 2.45) is 0 Å². The van der Waals surface area contributed by atoms with Crippen molar-refractivity contribution in [3.63, 3.8) is 0 Å². The summed E-state index contributed by atoms with van der Waals surface area (Å²) in [6, 6.07) is 5.43. The highest BCUT2D eigenvalue weighted by Gasteiger charge is 2.08. The minimum atomic E-state index is -0.0691. The summed E-state index contributed by atoms with van der Waals surface area (Å²) in [5.41, 5.74) is 0.999. The molecule has 0 spiro atoms. The normalized spacial score (nSPS) is 10.8. The van der Waals surface area contributed by atoms with Gasteiger partial charge >= 0.3 is 0 Å². The van der Waals surface area contributed by atoms with Gasteiger partial charge in [0.05, 0.1) is 12.0 Å². The van der Waals surface area contributed by atoms with Crippen molar-refractivity contribution in [3.05, 3.63) is 41.3 Å². The number of aryl methyl sites for hydroxylation is 1. The van der Waals surface area contributed by atoms with Crippen LogP contribution in [0.15, 0.2) is 38.8 Å². The number of aromatic nitrogens is 2. The minimum Gasteiger partial charge on any atom is -0.462 e. The van der Waals surface area contributed by atoms with Gasteiger partial charge in [0.25, 0.3) is 0 Å². The van der Waals surface area contributed by atoms with Crippen molar-refractivity contribution in [3.8, 4) is 10.8 Å². The number of amides is 1. The summed E-state index contributed by atoms with van der Waals surface area (Å²) in [6.45, 7) is 1.78. The molecule has 0 bridgehead atoms. The monoisotopic (exact) mass is 349 g/mol. The first kappa shape index (κ1) is 15.8. The number of nitrogens with zero attached hydrogens (tertiary/aromatic N) is 2. The second-order valence-corrected chi connectivity index (χ2v) is 6.76. The molecule has 3 aromatic rings. The molecule has 0 aliphatic carbocycles. The zero-order valence-corrected chi connectivity index (χ0v) is 14.1. The summed E-state index contributed by atoms with van der Waals surface area (Å²) in [5.74, 6) is 3.34. The van der Waals surface area contributed by atoms with Gasteiger partial charge in [-0.2, -0.15) is 11.8 Å². The maximum atomic E-state index is 11.8. The zero-order chi connectivity index (χ0) is 16.1. The zero-order valence-electron chi connectivity index (χ0n) is 12.4. The van der Waals surface area contributed by atoms with E-state index >= 15 is 0 Å². The number of carbonyl (C=O) groups is 1. The summed E-state index contributed by atoms with van der Waals surface area (Å²) in [7, 11) is 0. The quantitative estimate of drug-likeness (QED) is 0.650. The fourth-order valence-corrected chi connectivity index (χ4v) is 3.58. The van der Waals surface area contributed by atoms with Gasteiger partial charge in [-0.3, -0.25) is 4.79 Å². The molecular weight excluding hydrogens is 334 g/mol. The lowest BCUT2D eigenvalue weighted by Gasteiger charge is -2.00. The van der Waals surface area contributed by atoms with Gasteiger partial charge in [-0.15, -0.1) is 11.3 Å². The average Bonchev–Trinajstić information content (AvgIpc) is 3.25. The predicted octanol–water partition coefficient (Wildman–Crippen LogP) is 3.96. The summed E-state index contributed by atoms with van der Waals surface area (Å²) < 4.78 is 10.2. The second-order valence-electron chi connectivity index (χ2n) is 4.79. The van der Waals surface area contributed by atoms with E-state index in [1.54, 1.807) is 42.4 Å². The Hall–Kier alpha value is -2.06. The van der Waals surface area contributed by atoms with Crippen molar-refractivity contribution in [2.75, 3.05) is 11.1 Å². The molecule has 0 aliphatic heterocycles. The number of carbonyl (C=O) groups excluding carboxylic acids is 1. The number of thiazole rings is 1. The van der Waals surface area contributed by atoms with Crippen LogP contribution in [0.1, 0.15) is 17.9 Å². The smallest absolute Gasteiger partial charge is 0.226 e. The van der Waals surface area contributed by atoms with Gasteiger partial charge in [-0.05, 0) is 19.1 Å². The topological polar surface area (TPSA) is 81.2 Å². The van der Waals surface area contributed by atoms with E-state index < -0.39 is 0 Å². The van der Waals surface area contributed by atoms with Crippen LogP contribution in [0.4, 0.5) is 5.82 Å². The first-order chi connectivity index (χ1) is 11.2. The molecule has 0 aliphatic rings. The predicted molar refractivity (Wildman–Crippen MR) is 90.5 cm³/mol. The Morgan fingerprint density at radius 3 is 3.13 bits per heavy atom. The van der Waals surface area contributed by atoms with E-state index in [0.29, 0.717) is 18.0 Å². The molecular formula is C15H15N3O3S2. The number of furan rings is 1. The standard InChI is InChI=1S/C15H15N3O3S2/c1-10-7-13(18-21-10)17-14(19)4-6-22-8-11-9-23-15(16-11)12-3-2-5-20-12/h2-3,5,7,9H,4,6,8H2,1H3,(H,17,18,19). The Bertz CT molecular complexity index is 765. The molecule has 0 saturated heterocycles. The summed E-state index contributed by atoms with van der Waals surface area (Å²) in [4.78, 5) is 16.3. The fraction of sp³-hybridized carbons (Fsp3) is 0.267. The third kappa shape index (κ3) is 4.46. The van der Waals surface area contributed by atoms with E-state index in [2.05, 4.69) is 15.5 Å². The number of thioether (sulfide) groups is 1. The molecule has 0 saturated carbocycles. The van der Waals surface area contributed by atoms with Crippen LogP contribution >= 0.6 is 23.1 Å². The molecule has 0 atom stereocenters. The van der Waals surface area contributed by atoms with Crippen molar-refractivity contribution in [2.45, 2.75) is 19.1 Å². The summed E-state index contributed by atoms with van der Waals surface area (Å²) in [6.07, 6.45) is 2.06. The van der Waals surface area contributed by atoms with Crippen molar-refractivity contribution in [1.29, 1.82) is 0 Å². The number of nitrogens with one attached hydrogen (secondary N) is 1. The first-order valence-electron chi connectivity index (χ1n) is 7.00. The molecule has 0 fully saturated rings. The molecule has 8 heteroatoms. The molecule has 1 N–H and O–H groups in total. The molecule has 0 aromatic carbocycles. The molecule has 3 heterocycles. The van der Waals surface area contributed by atoms with Gasteiger partial charge in [0.2, 0.25) is 5.91 Å². The van der Waals surface area contributed by atoms with Crippen LogP contribution in [0.2, 0.25) is 0 Å². The van der Waals surface area contributed by atoms with Gasteiger partial charge in [0, 0.05) is 29.4 Å². The Morgan fingerprint density at radius 1 is 1.48 bits per heavy atom. The van der Waals surface area contributed by atoms with E-state index in [-0.39, 0.29) is 5.91 Å². The van der Waals surface area contributed by atoms with Gasteiger partial charge in [0.1, 0.15) is 5.76 Å². The third-order valence-electron chi connectivity index (χ3n) is 2.90. The molecule has 1 amide bonds. The van der Waals surface area contributed by atoms with Crippen LogP contribution in [-0.2, 0) is 10.5 Å². The minimum absolute atomic E-state index is 0.0691. The van der Waals surface area contributed by atoms with Gasteiger partial charge in [-0.25, -0.2) is 4.98 Å². The number of hydrogen-bond acceptors (Lipinski definition) is 7. The molecule has 23 heavy (non-hydrogen) atoms. The number of rotatable bonds is 7. The maximum absolute atomic E-state index is 11.8. The second kappa shape index (κ2) is 7.47. The Kier molecular flexibility index (Phi) is 5.14. The molecule has 3 aromatic heterocycles. The van der Waals surface area contributed by atoms with Crippen molar-refractivity contribution >= 4 is 34.8 Å². The Morgan fingerprint density at radius 2 is 2.39 bits per heavy atom. The number of hydrogen-bond donors (Lipinski definition) is 1. The van der Waals surface area contributed by atoms with Crippen LogP contribution in [-0.4, -0.2) is 21.8 Å². The SMILES string of the molecule is Cc1cc(NC(=O)CCSCc2csc(-c3ccco3)n2)no1. The highest BCUT2D eigenvalue weighted by molar-refractivity contribution is 7.98. The van der Waals surface area contributed by atoms with E-state index in [9.17, 15) is 4.79 Å². The van der Waals surface area contributed by atoms with Crippen LogP contribution < -0.4 is 5.32 Å². The molecule has 0 radical (unpaired) electrons. The number of anilines is 1. The lowest BCUT2D eigenvalue weighted by molar-refractivity contribution is -0.115. The van der Waals surface area contributed by atoms with Gasteiger partial charge in [-0.1, -0.05) is 5.16 Å². The van der Waals surface area contributed by atoms with E-state index in [1.165, 1.54) is 0 Å². The van der Waals surface area contributed by atoms with Crippen LogP contribution in [0, 0.1) is 6.92 Å². The Labute approximate surface area is 141 Å². The lowest BCUT2D eigenvalue weighted by Crippen LogP contribution is -2.12. The van der Waals surface area contributed by atoms with Crippen molar-refractivity contribution < 1.29 is 13.7 Å². The largest absolute Gasteiger partial charge is 0.462 e. The maximum Gasteiger partial charge on any atom is 0.226 e. The average molecular weight is 349 g/mol. The molecule has 120 valence electrons. The first-order valence-corrected chi connectivity index (χ1v) is 9.03. The molecule has 3 rings (SSSR count). The fourth-order valence-electron chi connectivity index (χ4n) is 1.86. The Balaban J connectivity index is 1.39. The van der Waals surface area contributed by atoms with Gasteiger partial charge in [0.15, 0.2) is 16.6 Å². The lowest BCUT2D eigenvalue weighted by atomic mass is 10.4. The van der Waals surface area contributed by atoms with E-state index in [0.717, 1.165) is 28.0 Å². The van der Waals surface area contributed by atoms with E-state index in [4.69, 9.17) is 8.94 Å². The van der Waals surface area contributed by atoms with Crippen LogP contribution in [0.25, 0.3) is 10.8 Å². The summed E-state index contributed by atoms with van der Waals surface area (Å²) in [5, 5.41) is 9.32. The summed E-state index contributed by atoms with van der Waals surface area (Å²) >= 11 is 3.23. The third-order valence-corrected chi connectivity index (χ3v) is 4.80. The highest BCUT2D eigenvalue weighted by atomic mass is 32.2. The van der Waals surface area contributed by atoms with Crippen molar-refractivity contribution in [1.82, 2.24) is 10.1 Å².